The highest BCUT2D eigenvalue weighted by atomic mass is 16.4. The van der Waals surface area contributed by atoms with Crippen LogP contribution in [0.5, 0.6) is 0 Å². The van der Waals surface area contributed by atoms with E-state index in [4.69, 9.17) is 0 Å². The van der Waals surface area contributed by atoms with Gasteiger partial charge in [-0.15, -0.1) is 0 Å². The Kier molecular flexibility index (Phi) is 3.50. The van der Waals surface area contributed by atoms with Crippen LogP contribution in [-0.4, -0.2) is 25.8 Å². The highest BCUT2D eigenvalue weighted by Gasteiger charge is 2.22. The Morgan fingerprint density at radius 2 is 1.90 bits per heavy atom. The van der Waals surface area contributed by atoms with E-state index in [1.54, 1.807) is 30.7 Å². The Morgan fingerprint density at radius 1 is 1.20 bits per heavy atom. The first-order chi connectivity index (χ1) is 9.75. The molecule has 1 N–H and O–H groups in total. The summed E-state index contributed by atoms with van der Waals surface area (Å²) < 4.78 is 1.85. The molecule has 5 nitrogen and oxygen atoms in total. The van der Waals surface area contributed by atoms with Crippen molar-refractivity contribution in [2.75, 3.05) is 0 Å². The van der Waals surface area contributed by atoms with Gasteiger partial charge in [-0.2, -0.15) is 5.10 Å². The number of aromatic nitrogens is 3. The second kappa shape index (κ2) is 5.45. The quantitative estimate of drug-likeness (QED) is 0.931. The number of pyridine rings is 1. The zero-order valence-electron chi connectivity index (χ0n) is 11.2. The van der Waals surface area contributed by atoms with Gasteiger partial charge in [-0.05, 0) is 25.0 Å². The smallest absolute Gasteiger partial charge is 0.339 e. The Labute approximate surface area is 117 Å². The maximum atomic E-state index is 11.4. The van der Waals surface area contributed by atoms with Crippen LogP contribution in [0, 0.1) is 0 Å². The standard InChI is InChI=1S/C15H17N3O2/c19-15(20)13-10-18(12-4-2-1-3-5-12)17-14(13)11-6-8-16-9-7-11/h6-10,12H,1-5H2,(H,19,20). The van der Waals surface area contributed by atoms with E-state index < -0.39 is 5.97 Å². The lowest BCUT2D eigenvalue weighted by molar-refractivity contribution is 0.0697. The van der Waals surface area contributed by atoms with Crippen molar-refractivity contribution in [2.45, 2.75) is 38.1 Å². The molecule has 104 valence electrons. The molecule has 5 heteroatoms. The van der Waals surface area contributed by atoms with Gasteiger partial charge in [0, 0.05) is 24.2 Å². The molecule has 3 rings (SSSR count). The molecule has 2 aromatic rings. The van der Waals surface area contributed by atoms with Crippen LogP contribution in [0.15, 0.2) is 30.7 Å². The van der Waals surface area contributed by atoms with Gasteiger partial charge in [-0.1, -0.05) is 19.3 Å². The van der Waals surface area contributed by atoms with Crippen molar-refractivity contribution in [2.24, 2.45) is 0 Å². The first-order valence-corrected chi connectivity index (χ1v) is 6.98. The minimum Gasteiger partial charge on any atom is -0.478 e. The van der Waals surface area contributed by atoms with Gasteiger partial charge in [-0.25, -0.2) is 4.79 Å². The third-order valence-corrected chi connectivity index (χ3v) is 3.86. The van der Waals surface area contributed by atoms with Gasteiger partial charge in [0.1, 0.15) is 11.3 Å². The van der Waals surface area contributed by atoms with E-state index in [1.807, 2.05) is 4.68 Å². The van der Waals surface area contributed by atoms with E-state index in [0.717, 1.165) is 18.4 Å². The molecule has 0 spiro atoms. The van der Waals surface area contributed by atoms with Crippen molar-refractivity contribution in [1.29, 1.82) is 0 Å². The SMILES string of the molecule is O=C(O)c1cn(C2CCCCC2)nc1-c1ccncc1. The predicted molar refractivity (Wildman–Crippen MR) is 74.5 cm³/mol. The molecule has 1 aliphatic rings. The summed E-state index contributed by atoms with van der Waals surface area (Å²) in [5.41, 5.74) is 1.60. The van der Waals surface area contributed by atoms with Crippen molar-refractivity contribution in [3.63, 3.8) is 0 Å². The molecule has 0 unspecified atom stereocenters. The van der Waals surface area contributed by atoms with Gasteiger partial charge < -0.3 is 5.11 Å². The van der Waals surface area contributed by atoms with Crippen LogP contribution in [0.25, 0.3) is 11.3 Å². The number of rotatable bonds is 3. The third-order valence-electron chi connectivity index (χ3n) is 3.86. The lowest BCUT2D eigenvalue weighted by Gasteiger charge is -2.21. The van der Waals surface area contributed by atoms with E-state index in [0.29, 0.717) is 11.7 Å². The van der Waals surface area contributed by atoms with Crippen LogP contribution in [0.3, 0.4) is 0 Å². The van der Waals surface area contributed by atoms with Crippen LogP contribution in [0.4, 0.5) is 0 Å². The van der Waals surface area contributed by atoms with Crippen LogP contribution < -0.4 is 0 Å². The monoisotopic (exact) mass is 271 g/mol. The first kappa shape index (κ1) is 12.8. The Balaban J connectivity index is 2.00. The third kappa shape index (κ3) is 2.43. The first-order valence-electron chi connectivity index (χ1n) is 6.98. The van der Waals surface area contributed by atoms with E-state index >= 15 is 0 Å². The lowest BCUT2D eigenvalue weighted by Crippen LogP contribution is -2.13. The van der Waals surface area contributed by atoms with Gasteiger partial charge in [0.05, 0.1) is 6.04 Å². The van der Waals surface area contributed by atoms with Crippen molar-refractivity contribution in [3.05, 3.63) is 36.3 Å². The zero-order valence-corrected chi connectivity index (χ0v) is 11.2. The normalized spacial score (nSPS) is 16.2. The van der Waals surface area contributed by atoms with E-state index in [2.05, 4.69) is 10.1 Å². The topological polar surface area (TPSA) is 68.0 Å². The van der Waals surface area contributed by atoms with Crippen LogP contribution >= 0.6 is 0 Å². The second-order valence-corrected chi connectivity index (χ2v) is 5.20. The van der Waals surface area contributed by atoms with Crippen LogP contribution in [0.1, 0.15) is 48.5 Å². The van der Waals surface area contributed by atoms with Gasteiger partial charge >= 0.3 is 5.97 Å². The Hall–Kier alpha value is -2.17. The lowest BCUT2D eigenvalue weighted by atomic mass is 9.96. The number of carboxylic acids is 1. The number of carbonyl (C=O) groups is 1. The number of nitrogens with zero attached hydrogens (tertiary/aromatic N) is 3. The number of hydrogen-bond donors (Lipinski definition) is 1. The number of carboxylic acid groups (broad SMARTS) is 1. The molecule has 20 heavy (non-hydrogen) atoms. The Morgan fingerprint density at radius 3 is 2.55 bits per heavy atom. The molecule has 0 aromatic carbocycles. The maximum absolute atomic E-state index is 11.4. The summed E-state index contributed by atoms with van der Waals surface area (Å²) in [5.74, 6) is -0.932. The van der Waals surface area contributed by atoms with Gasteiger partial charge in [0.15, 0.2) is 0 Å². The summed E-state index contributed by atoms with van der Waals surface area (Å²) >= 11 is 0. The van der Waals surface area contributed by atoms with Gasteiger partial charge in [0.2, 0.25) is 0 Å². The van der Waals surface area contributed by atoms with E-state index in [-0.39, 0.29) is 5.56 Å². The molecule has 0 atom stereocenters. The molecule has 1 aliphatic carbocycles. The highest BCUT2D eigenvalue weighted by Crippen LogP contribution is 2.30. The molecule has 0 saturated heterocycles. The summed E-state index contributed by atoms with van der Waals surface area (Å²) in [6.45, 7) is 0. The molecule has 0 bridgehead atoms. The molecule has 1 fully saturated rings. The molecule has 2 heterocycles. The highest BCUT2D eigenvalue weighted by molar-refractivity contribution is 5.94. The minimum atomic E-state index is -0.932. The zero-order chi connectivity index (χ0) is 13.9. The predicted octanol–water partition coefficient (Wildman–Crippen LogP) is 3.15. The minimum absolute atomic E-state index is 0.266. The number of hydrogen-bond acceptors (Lipinski definition) is 3. The number of aromatic carboxylic acids is 1. The second-order valence-electron chi connectivity index (χ2n) is 5.20. The molecule has 0 radical (unpaired) electrons. The largest absolute Gasteiger partial charge is 0.478 e. The fraction of sp³-hybridized carbons (Fsp3) is 0.400. The molecular weight excluding hydrogens is 254 g/mol. The molecule has 2 aromatic heterocycles. The molecule has 0 aliphatic heterocycles. The molecular formula is C15H17N3O2. The summed E-state index contributed by atoms with van der Waals surface area (Å²) in [4.78, 5) is 15.4. The summed E-state index contributed by atoms with van der Waals surface area (Å²) in [6.07, 6.45) is 10.8. The summed E-state index contributed by atoms with van der Waals surface area (Å²) in [7, 11) is 0. The fourth-order valence-electron chi connectivity index (χ4n) is 2.80. The van der Waals surface area contributed by atoms with Gasteiger partial charge in [-0.3, -0.25) is 9.67 Å². The van der Waals surface area contributed by atoms with Crippen LogP contribution in [0.2, 0.25) is 0 Å². The van der Waals surface area contributed by atoms with Crippen LogP contribution in [-0.2, 0) is 0 Å². The average molecular weight is 271 g/mol. The summed E-state index contributed by atoms with van der Waals surface area (Å²) in [5, 5.41) is 13.9. The Bertz CT molecular complexity index is 601. The molecule has 1 saturated carbocycles. The summed E-state index contributed by atoms with van der Waals surface area (Å²) in [6, 6.07) is 3.91. The van der Waals surface area contributed by atoms with Crippen molar-refractivity contribution in [3.8, 4) is 11.3 Å². The average Bonchev–Trinajstić information content (AvgIpc) is 2.94. The van der Waals surface area contributed by atoms with E-state index in [1.165, 1.54) is 19.3 Å². The maximum Gasteiger partial charge on any atom is 0.339 e. The molecule has 0 amide bonds. The fourth-order valence-corrected chi connectivity index (χ4v) is 2.80. The van der Waals surface area contributed by atoms with Gasteiger partial charge in [0.25, 0.3) is 0 Å². The van der Waals surface area contributed by atoms with Crippen molar-refractivity contribution >= 4 is 5.97 Å². The van der Waals surface area contributed by atoms with Crippen molar-refractivity contribution < 1.29 is 9.90 Å². The van der Waals surface area contributed by atoms with E-state index in [9.17, 15) is 9.90 Å². The van der Waals surface area contributed by atoms with Crippen molar-refractivity contribution in [1.82, 2.24) is 14.8 Å².